The van der Waals surface area contributed by atoms with Gasteiger partial charge in [0.25, 0.3) is 0 Å². The van der Waals surface area contributed by atoms with Crippen LogP contribution in [0.15, 0.2) is 18.2 Å². The summed E-state index contributed by atoms with van der Waals surface area (Å²) in [6.45, 7) is 0. The van der Waals surface area contributed by atoms with E-state index >= 15 is 0 Å². The Morgan fingerprint density at radius 1 is 1.46 bits per heavy atom. The van der Waals surface area contributed by atoms with Crippen LogP contribution < -0.4 is 0 Å². The molecule has 0 atom stereocenters. The van der Waals surface area contributed by atoms with E-state index in [4.69, 9.17) is 11.6 Å². The highest BCUT2D eigenvalue weighted by atomic mass is 35.5. The van der Waals surface area contributed by atoms with Crippen molar-refractivity contribution >= 4 is 21.4 Å². The average molecular weight is 222 g/mol. The molecular weight excluding hydrogens is 215 g/mol. The summed E-state index contributed by atoms with van der Waals surface area (Å²) in [7, 11) is -3.34. The molecule has 2 nitrogen and oxygen atoms in total. The van der Waals surface area contributed by atoms with E-state index in [0.717, 1.165) is 12.0 Å². The maximum absolute atomic E-state index is 13.1. The highest BCUT2D eigenvalue weighted by Gasteiger charge is 2.11. The van der Waals surface area contributed by atoms with Gasteiger partial charge >= 0.3 is 0 Å². The molecule has 0 fully saturated rings. The van der Waals surface area contributed by atoms with Gasteiger partial charge in [0.1, 0.15) is 11.6 Å². The van der Waals surface area contributed by atoms with E-state index in [1.807, 2.05) is 0 Å². The molecule has 1 aromatic carbocycles. The molecule has 1 aromatic rings. The molecule has 0 amide bonds. The van der Waals surface area contributed by atoms with Gasteiger partial charge in [-0.05, 0) is 6.07 Å². The fourth-order valence-corrected chi connectivity index (χ4v) is 1.67. The molecule has 1 rings (SSSR count). The zero-order valence-corrected chi connectivity index (χ0v) is 8.36. The molecule has 0 bridgehead atoms. The summed E-state index contributed by atoms with van der Waals surface area (Å²) in [5.41, 5.74) is -0.0185. The van der Waals surface area contributed by atoms with Gasteiger partial charge in [0.15, 0.2) is 9.84 Å². The van der Waals surface area contributed by atoms with Crippen LogP contribution in [0, 0.1) is 11.6 Å². The minimum atomic E-state index is -3.34. The minimum Gasteiger partial charge on any atom is -0.228 e. The quantitative estimate of drug-likeness (QED) is 0.766. The number of benzene rings is 1. The molecule has 0 spiro atoms. The van der Waals surface area contributed by atoms with Crippen molar-refractivity contribution in [1.82, 2.24) is 0 Å². The highest BCUT2D eigenvalue weighted by Crippen LogP contribution is 2.20. The van der Waals surface area contributed by atoms with Gasteiger partial charge in [0, 0.05) is 11.8 Å². The third kappa shape index (κ3) is 2.97. The zero-order valence-electron chi connectivity index (χ0n) is 6.79. The van der Waals surface area contributed by atoms with E-state index in [-0.39, 0.29) is 10.6 Å². The molecule has 0 N–H and O–H groups in total. The molecule has 0 saturated carbocycles. The summed E-state index contributed by atoms with van der Waals surface area (Å²) in [4.78, 5) is 0. The Morgan fingerprint density at radius 2 is 2.08 bits per heavy atom. The molecule has 0 aliphatic carbocycles. The Hall–Kier alpha value is -0.610. The maximum Gasteiger partial charge on any atom is 0.156 e. The number of hydrogen-bond acceptors (Lipinski definition) is 2. The first-order valence-electron chi connectivity index (χ1n) is 3.39. The van der Waals surface area contributed by atoms with Crippen LogP contribution in [-0.2, 0) is 9.84 Å². The Bertz CT molecular complexity index is 414. The smallest absolute Gasteiger partial charge is 0.156 e. The van der Waals surface area contributed by atoms with Crippen LogP contribution in [0.5, 0.6) is 0 Å². The van der Waals surface area contributed by atoms with Crippen LogP contribution in [-0.4, -0.2) is 14.7 Å². The topological polar surface area (TPSA) is 34.1 Å². The van der Waals surface area contributed by atoms with E-state index in [9.17, 15) is 12.8 Å². The highest BCUT2D eigenvalue weighted by molar-refractivity contribution is 7.92. The molecule has 0 saturated heterocycles. The summed E-state index contributed by atoms with van der Waals surface area (Å²) in [5, 5.41) is -0.0857. The number of halogens is 2. The standard InChI is InChI=1S/C8H7ClFO2S/c1-13(11,12)5-6-3-2-4-7(9)8(6)10/h2-5H,1H3. The van der Waals surface area contributed by atoms with Crippen molar-refractivity contribution in [1.29, 1.82) is 0 Å². The van der Waals surface area contributed by atoms with Gasteiger partial charge in [-0.25, -0.2) is 12.8 Å². The van der Waals surface area contributed by atoms with Gasteiger partial charge in [0.2, 0.25) is 0 Å². The summed E-state index contributed by atoms with van der Waals surface area (Å²) >= 11 is 5.45. The van der Waals surface area contributed by atoms with Gasteiger partial charge in [-0.2, -0.15) is 0 Å². The van der Waals surface area contributed by atoms with Crippen LogP contribution in [0.2, 0.25) is 5.02 Å². The molecule has 0 aliphatic heterocycles. The van der Waals surface area contributed by atoms with Crippen molar-refractivity contribution in [3.05, 3.63) is 40.4 Å². The second-order valence-electron chi connectivity index (χ2n) is 2.59. The molecule has 5 heteroatoms. The lowest BCUT2D eigenvalue weighted by molar-refractivity contribution is 0.602. The van der Waals surface area contributed by atoms with Gasteiger partial charge in [-0.1, -0.05) is 23.7 Å². The molecule has 0 unspecified atom stereocenters. The van der Waals surface area contributed by atoms with E-state index in [2.05, 4.69) is 0 Å². The molecule has 0 aromatic heterocycles. The molecule has 1 radical (unpaired) electrons. The summed E-state index contributed by atoms with van der Waals surface area (Å²) in [5.74, 6) is 0.128. The number of sulfone groups is 1. The molecular formula is C8H7ClFO2S. The minimum absolute atomic E-state index is 0.0185. The predicted molar refractivity (Wildman–Crippen MR) is 49.7 cm³/mol. The van der Waals surface area contributed by atoms with Crippen LogP contribution in [0.4, 0.5) is 4.39 Å². The van der Waals surface area contributed by atoms with Gasteiger partial charge in [-0.3, -0.25) is 0 Å². The van der Waals surface area contributed by atoms with Gasteiger partial charge in [0.05, 0.1) is 5.02 Å². The zero-order chi connectivity index (χ0) is 10.1. The third-order valence-electron chi connectivity index (χ3n) is 1.32. The van der Waals surface area contributed by atoms with Crippen LogP contribution in [0.1, 0.15) is 5.56 Å². The normalized spacial score (nSPS) is 11.6. The van der Waals surface area contributed by atoms with Gasteiger partial charge in [-0.15, -0.1) is 0 Å². The predicted octanol–water partition coefficient (Wildman–Crippen LogP) is 2.03. The molecule has 71 valence electrons. The monoisotopic (exact) mass is 221 g/mol. The van der Waals surface area contributed by atoms with Gasteiger partial charge < -0.3 is 0 Å². The first-order chi connectivity index (χ1) is 5.90. The SMILES string of the molecule is CS(=O)(=O)[CH]c1cccc(Cl)c1F. The average Bonchev–Trinajstić information content (AvgIpc) is 1.96. The van der Waals surface area contributed by atoms with E-state index in [0.29, 0.717) is 0 Å². The van der Waals surface area contributed by atoms with Crippen LogP contribution >= 0.6 is 11.6 Å². The lowest BCUT2D eigenvalue weighted by atomic mass is 10.2. The lowest BCUT2D eigenvalue weighted by Crippen LogP contribution is -2.00. The Kier molecular flexibility index (Phi) is 2.93. The summed E-state index contributed by atoms with van der Waals surface area (Å²) in [6.07, 6.45) is 0.993. The first kappa shape index (κ1) is 10.5. The van der Waals surface area contributed by atoms with Crippen molar-refractivity contribution in [3.8, 4) is 0 Å². The maximum atomic E-state index is 13.1. The summed E-state index contributed by atoms with van der Waals surface area (Å²) < 4.78 is 34.7. The number of hydrogen-bond donors (Lipinski definition) is 0. The Balaban J connectivity index is 3.10. The Morgan fingerprint density at radius 3 is 2.62 bits per heavy atom. The lowest BCUT2D eigenvalue weighted by Gasteiger charge is -2.01. The third-order valence-corrected chi connectivity index (χ3v) is 2.30. The van der Waals surface area contributed by atoms with Crippen molar-refractivity contribution in [2.75, 3.05) is 6.26 Å². The molecule has 0 aliphatic rings. The Labute approximate surface area is 81.3 Å². The fraction of sp³-hybridized carbons (Fsp3) is 0.125. The first-order valence-corrected chi connectivity index (χ1v) is 5.72. The summed E-state index contributed by atoms with van der Waals surface area (Å²) in [6, 6.07) is 4.20. The largest absolute Gasteiger partial charge is 0.228 e. The van der Waals surface area contributed by atoms with Crippen LogP contribution in [0.3, 0.4) is 0 Å². The second-order valence-corrected chi connectivity index (χ2v) is 4.89. The van der Waals surface area contributed by atoms with Crippen molar-refractivity contribution in [2.24, 2.45) is 0 Å². The number of rotatable bonds is 2. The van der Waals surface area contributed by atoms with Crippen molar-refractivity contribution < 1.29 is 12.8 Å². The van der Waals surface area contributed by atoms with E-state index < -0.39 is 15.7 Å². The van der Waals surface area contributed by atoms with E-state index in [1.54, 1.807) is 0 Å². The van der Waals surface area contributed by atoms with Crippen molar-refractivity contribution in [2.45, 2.75) is 0 Å². The van der Waals surface area contributed by atoms with Crippen molar-refractivity contribution in [3.63, 3.8) is 0 Å². The van der Waals surface area contributed by atoms with E-state index in [1.165, 1.54) is 18.2 Å². The second kappa shape index (κ2) is 3.64. The fourth-order valence-electron chi connectivity index (χ4n) is 0.842. The van der Waals surface area contributed by atoms with Crippen LogP contribution in [0.25, 0.3) is 0 Å². The molecule has 0 heterocycles. The molecule has 13 heavy (non-hydrogen) atoms.